The van der Waals surface area contributed by atoms with Crippen molar-refractivity contribution in [3.05, 3.63) is 41.7 Å². The van der Waals surface area contributed by atoms with Gasteiger partial charge in [0.15, 0.2) is 0 Å². The van der Waals surface area contributed by atoms with Gasteiger partial charge in [-0.05, 0) is 39.8 Å². The number of sulfonamides is 1. The van der Waals surface area contributed by atoms with Crippen LogP contribution < -0.4 is 4.31 Å². The molecule has 122 valence electrons. The number of para-hydroxylation sites is 1. The Hall–Kier alpha value is -2.33. The van der Waals surface area contributed by atoms with Crippen LogP contribution in [0.5, 0.6) is 0 Å². The number of aromatic nitrogens is 2. The number of hydrogen-bond donors (Lipinski definition) is 0. The van der Waals surface area contributed by atoms with E-state index in [1.165, 1.54) is 0 Å². The van der Waals surface area contributed by atoms with Gasteiger partial charge in [-0.1, -0.05) is 18.2 Å². The molecule has 1 aromatic carbocycles. The smallest absolute Gasteiger partial charge is 0.268 e. The van der Waals surface area contributed by atoms with Crippen molar-refractivity contribution in [1.82, 2.24) is 9.78 Å². The second-order valence-corrected chi connectivity index (χ2v) is 7.01. The summed E-state index contributed by atoms with van der Waals surface area (Å²) in [6, 6.07) is 9.85. The van der Waals surface area contributed by atoms with Crippen molar-refractivity contribution < 1.29 is 8.42 Å². The van der Waals surface area contributed by atoms with Crippen molar-refractivity contribution in [2.45, 2.75) is 45.2 Å². The highest BCUT2D eigenvalue weighted by Gasteiger charge is 2.34. The molecular weight excluding hydrogens is 312 g/mol. The van der Waals surface area contributed by atoms with Crippen LogP contribution in [0.15, 0.2) is 35.2 Å². The summed E-state index contributed by atoms with van der Waals surface area (Å²) in [7, 11) is -3.89. The van der Waals surface area contributed by atoms with E-state index in [1.807, 2.05) is 13.0 Å². The highest BCUT2D eigenvalue weighted by molar-refractivity contribution is 7.93. The monoisotopic (exact) mass is 332 g/mol. The number of anilines is 1. The zero-order valence-corrected chi connectivity index (χ0v) is 14.5. The fourth-order valence-corrected chi connectivity index (χ4v) is 4.61. The molecule has 1 aromatic heterocycles. The lowest BCUT2D eigenvalue weighted by Crippen LogP contribution is -2.38. The van der Waals surface area contributed by atoms with Crippen LogP contribution in [0, 0.1) is 25.2 Å². The van der Waals surface area contributed by atoms with E-state index in [0.29, 0.717) is 23.6 Å². The van der Waals surface area contributed by atoms with Crippen molar-refractivity contribution in [2.75, 3.05) is 4.31 Å². The largest absolute Gasteiger partial charge is 0.269 e. The second kappa shape index (κ2) is 6.42. The normalized spacial score (nSPS) is 12.7. The minimum absolute atomic E-state index is 0.172. The molecular formula is C16H20N4O2S. The Kier molecular flexibility index (Phi) is 4.76. The molecule has 0 aliphatic heterocycles. The zero-order chi connectivity index (χ0) is 17.2. The summed E-state index contributed by atoms with van der Waals surface area (Å²) < 4.78 is 29.3. The van der Waals surface area contributed by atoms with Crippen LogP contribution in [0.4, 0.5) is 5.69 Å². The predicted octanol–water partition coefficient (Wildman–Crippen LogP) is 2.63. The van der Waals surface area contributed by atoms with Gasteiger partial charge in [-0.25, -0.2) is 12.7 Å². The summed E-state index contributed by atoms with van der Waals surface area (Å²) in [4.78, 5) is 0.172. The molecule has 2 rings (SSSR count). The van der Waals surface area contributed by atoms with Gasteiger partial charge in [0.25, 0.3) is 10.0 Å². The predicted molar refractivity (Wildman–Crippen MR) is 88.6 cm³/mol. The summed E-state index contributed by atoms with van der Waals surface area (Å²) in [5, 5.41) is 13.6. The third-order valence-electron chi connectivity index (χ3n) is 3.68. The summed E-state index contributed by atoms with van der Waals surface area (Å²) in [6.07, 6.45) is 0. The van der Waals surface area contributed by atoms with Crippen molar-refractivity contribution in [1.29, 1.82) is 5.26 Å². The Bertz CT molecular complexity index is 835. The van der Waals surface area contributed by atoms with Crippen LogP contribution in [-0.4, -0.2) is 24.2 Å². The van der Waals surface area contributed by atoms with Crippen LogP contribution in [0.2, 0.25) is 0 Å². The highest BCUT2D eigenvalue weighted by atomic mass is 32.2. The van der Waals surface area contributed by atoms with Crippen LogP contribution in [0.3, 0.4) is 0 Å². The first-order chi connectivity index (χ1) is 10.8. The van der Waals surface area contributed by atoms with Crippen molar-refractivity contribution in [3.8, 4) is 6.07 Å². The highest BCUT2D eigenvalue weighted by Crippen LogP contribution is 2.29. The molecule has 0 aliphatic rings. The van der Waals surface area contributed by atoms with E-state index >= 15 is 0 Å². The molecule has 7 heteroatoms. The fraction of sp³-hybridized carbons (Fsp3) is 0.375. The first-order valence-electron chi connectivity index (χ1n) is 7.37. The number of hydrogen-bond acceptors (Lipinski definition) is 4. The Morgan fingerprint density at radius 3 is 2.39 bits per heavy atom. The SMILES string of the molecule is CCn1nc(C)c(S(=O)(=O)N(c2ccccc2)[C@H](C)C#N)c1C. The molecule has 1 atom stereocenters. The van der Waals surface area contributed by atoms with E-state index in [-0.39, 0.29) is 4.90 Å². The van der Waals surface area contributed by atoms with Crippen molar-refractivity contribution in [2.24, 2.45) is 0 Å². The molecule has 0 unspecified atom stereocenters. The third-order valence-corrected chi connectivity index (χ3v) is 5.83. The van der Waals surface area contributed by atoms with Crippen molar-refractivity contribution >= 4 is 15.7 Å². The van der Waals surface area contributed by atoms with Crippen LogP contribution in [0.1, 0.15) is 25.2 Å². The summed E-state index contributed by atoms with van der Waals surface area (Å²) in [5.74, 6) is 0. The Balaban J connectivity index is 2.68. The lowest BCUT2D eigenvalue weighted by molar-refractivity contribution is 0.585. The number of rotatable bonds is 5. The first kappa shape index (κ1) is 17.0. The fourth-order valence-electron chi connectivity index (χ4n) is 2.66. The second-order valence-electron chi connectivity index (χ2n) is 5.26. The Labute approximate surface area is 137 Å². The molecule has 0 bridgehead atoms. The minimum Gasteiger partial charge on any atom is -0.268 e. The van der Waals surface area contributed by atoms with E-state index in [2.05, 4.69) is 5.10 Å². The molecule has 0 amide bonds. The number of benzene rings is 1. The van der Waals surface area contributed by atoms with Gasteiger partial charge in [0.2, 0.25) is 0 Å². The molecule has 0 radical (unpaired) electrons. The average Bonchev–Trinajstić information content (AvgIpc) is 2.82. The lowest BCUT2D eigenvalue weighted by atomic mass is 10.3. The molecule has 0 aliphatic carbocycles. The van der Waals surface area contributed by atoms with Gasteiger partial charge >= 0.3 is 0 Å². The van der Waals surface area contributed by atoms with Gasteiger partial charge in [-0.2, -0.15) is 10.4 Å². The maximum Gasteiger partial charge on any atom is 0.269 e. The molecule has 0 spiro atoms. The van der Waals surface area contributed by atoms with Gasteiger partial charge in [0.05, 0.1) is 23.1 Å². The first-order valence-corrected chi connectivity index (χ1v) is 8.81. The van der Waals surface area contributed by atoms with Crippen molar-refractivity contribution in [3.63, 3.8) is 0 Å². The Morgan fingerprint density at radius 1 is 1.30 bits per heavy atom. The number of nitriles is 1. The van der Waals surface area contributed by atoms with E-state index in [4.69, 9.17) is 0 Å². The average molecular weight is 332 g/mol. The summed E-state index contributed by atoms with van der Waals surface area (Å²) in [6.45, 7) is 7.46. The molecule has 6 nitrogen and oxygen atoms in total. The topological polar surface area (TPSA) is 79.0 Å². The van der Waals surface area contributed by atoms with E-state index in [1.54, 1.807) is 55.8 Å². The van der Waals surface area contributed by atoms with E-state index in [9.17, 15) is 13.7 Å². The maximum atomic E-state index is 13.2. The molecule has 1 heterocycles. The summed E-state index contributed by atoms with van der Waals surface area (Å²) >= 11 is 0. The van der Waals surface area contributed by atoms with Crippen LogP contribution in [-0.2, 0) is 16.6 Å². The number of aryl methyl sites for hydroxylation is 2. The molecule has 0 N–H and O–H groups in total. The zero-order valence-electron chi connectivity index (χ0n) is 13.7. The quantitative estimate of drug-likeness (QED) is 0.843. The molecule has 0 fully saturated rings. The van der Waals surface area contributed by atoms with Gasteiger partial charge < -0.3 is 0 Å². The van der Waals surface area contributed by atoms with E-state index in [0.717, 1.165) is 4.31 Å². The molecule has 2 aromatic rings. The van der Waals surface area contributed by atoms with Crippen LogP contribution in [0.25, 0.3) is 0 Å². The molecule has 0 saturated carbocycles. The Morgan fingerprint density at radius 2 is 1.91 bits per heavy atom. The third kappa shape index (κ3) is 2.94. The van der Waals surface area contributed by atoms with Gasteiger partial charge in [0, 0.05) is 6.54 Å². The summed E-state index contributed by atoms with van der Waals surface area (Å²) in [5.41, 5.74) is 1.48. The molecule has 23 heavy (non-hydrogen) atoms. The van der Waals surface area contributed by atoms with Gasteiger partial charge in [0.1, 0.15) is 10.9 Å². The van der Waals surface area contributed by atoms with Gasteiger partial charge in [-0.3, -0.25) is 4.68 Å². The van der Waals surface area contributed by atoms with Gasteiger partial charge in [-0.15, -0.1) is 0 Å². The standard InChI is InChI=1S/C16H20N4O2S/c1-5-19-14(4)16(13(3)18-19)23(21,22)20(12(2)11-17)15-9-7-6-8-10-15/h6-10,12H,5H2,1-4H3/t12-/m1/s1. The minimum atomic E-state index is -3.89. The molecule has 0 saturated heterocycles. The lowest BCUT2D eigenvalue weighted by Gasteiger charge is -2.26. The number of nitrogens with zero attached hydrogens (tertiary/aromatic N) is 4. The van der Waals surface area contributed by atoms with E-state index < -0.39 is 16.1 Å². The van der Waals surface area contributed by atoms with Crippen LogP contribution >= 0.6 is 0 Å². The maximum absolute atomic E-state index is 13.2.